The van der Waals surface area contributed by atoms with Crippen LogP contribution in [-0.4, -0.2) is 39.0 Å². The molecule has 0 bridgehead atoms. The molecule has 1 aliphatic rings. The minimum Gasteiger partial charge on any atom is -0.497 e. The molecule has 0 aliphatic carbocycles. The molecule has 170 valence electrons. The van der Waals surface area contributed by atoms with Crippen molar-refractivity contribution in [1.82, 2.24) is 19.9 Å². The van der Waals surface area contributed by atoms with Gasteiger partial charge in [0.15, 0.2) is 5.82 Å². The fourth-order valence-corrected chi connectivity index (χ4v) is 3.99. The molecule has 1 unspecified atom stereocenters. The second kappa shape index (κ2) is 9.19. The summed E-state index contributed by atoms with van der Waals surface area (Å²) in [5.74, 6) is 0.948. The SMILES string of the molecule is COc1ccc(-c2nc(CN3C(=O)C(c4ccccc4)N(Cc4ccccc4)C3=O)no2)cc1. The second-order valence-corrected chi connectivity index (χ2v) is 7.88. The number of ether oxygens (including phenoxy) is 1. The van der Waals surface area contributed by atoms with E-state index < -0.39 is 12.1 Å². The smallest absolute Gasteiger partial charge is 0.328 e. The molecule has 8 heteroatoms. The third kappa shape index (κ3) is 4.13. The summed E-state index contributed by atoms with van der Waals surface area (Å²) in [5.41, 5.74) is 2.41. The highest BCUT2D eigenvalue weighted by atomic mass is 16.5. The number of nitrogens with zero attached hydrogens (tertiary/aromatic N) is 4. The maximum Gasteiger partial charge on any atom is 0.328 e. The number of amides is 3. The molecule has 3 amide bonds. The van der Waals surface area contributed by atoms with Crippen molar-refractivity contribution >= 4 is 11.9 Å². The molecule has 1 saturated heterocycles. The van der Waals surface area contributed by atoms with Crippen LogP contribution in [0.5, 0.6) is 5.75 Å². The minimum absolute atomic E-state index is 0.0774. The monoisotopic (exact) mass is 454 g/mol. The van der Waals surface area contributed by atoms with E-state index in [1.165, 1.54) is 4.90 Å². The maximum atomic E-state index is 13.4. The van der Waals surface area contributed by atoms with Crippen molar-refractivity contribution < 1.29 is 18.8 Å². The van der Waals surface area contributed by atoms with Gasteiger partial charge in [-0.1, -0.05) is 65.8 Å². The molecule has 34 heavy (non-hydrogen) atoms. The van der Waals surface area contributed by atoms with Crippen LogP contribution in [0.15, 0.2) is 89.5 Å². The molecule has 0 spiro atoms. The minimum atomic E-state index is -0.720. The Morgan fingerprint density at radius 3 is 2.24 bits per heavy atom. The summed E-state index contributed by atoms with van der Waals surface area (Å²) in [5, 5.41) is 3.99. The largest absolute Gasteiger partial charge is 0.497 e. The Hall–Kier alpha value is -4.46. The highest BCUT2D eigenvalue weighted by Crippen LogP contribution is 2.33. The second-order valence-electron chi connectivity index (χ2n) is 7.88. The Bertz CT molecular complexity index is 1290. The summed E-state index contributed by atoms with van der Waals surface area (Å²) in [6.45, 7) is 0.233. The van der Waals surface area contributed by atoms with Gasteiger partial charge in [-0.2, -0.15) is 4.98 Å². The van der Waals surface area contributed by atoms with Crippen LogP contribution < -0.4 is 4.74 Å². The Kier molecular flexibility index (Phi) is 5.78. The topological polar surface area (TPSA) is 88.8 Å². The predicted octanol–water partition coefficient (Wildman–Crippen LogP) is 4.45. The average molecular weight is 454 g/mol. The van der Waals surface area contributed by atoms with Crippen LogP contribution in [-0.2, 0) is 17.9 Å². The molecule has 1 aliphatic heterocycles. The lowest BCUT2D eigenvalue weighted by Gasteiger charge is -2.22. The van der Waals surface area contributed by atoms with Gasteiger partial charge < -0.3 is 14.2 Å². The number of carbonyl (C=O) groups is 2. The molecule has 3 aromatic carbocycles. The number of aromatic nitrogens is 2. The van der Waals surface area contributed by atoms with Crippen LogP contribution in [0, 0.1) is 0 Å². The van der Waals surface area contributed by atoms with E-state index in [-0.39, 0.29) is 18.3 Å². The Morgan fingerprint density at radius 2 is 1.56 bits per heavy atom. The van der Waals surface area contributed by atoms with E-state index >= 15 is 0 Å². The lowest BCUT2D eigenvalue weighted by molar-refractivity contribution is -0.129. The first-order valence-electron chi connectivity index (χ1n) is 10.8. The number of hydrogen-bond donors (Lipinski definition) is 0. The summed E-state index contributed by atoms with van der Waals surface area (Å²) in [4.78, 5) is 34.0. The molecule has 5 rings (SSSR count). The number of hydrogen-bond acceptors (Lipinski definition) is 6. The molecule has 0 N–H and O–H groups in total. The summed E-state index contributed by atoms with van der Waals surface area (Å²) in [6, 6.07) is 25.0. The van der Waals surface area contributed by atoms with Gasteiger partial charge in [0, 0.05) is 12.1 Å². The Labute approximate surface area is 196 Å². The zero-order chi connectivity index (χ0) is 23.5. The van der Waals surface area contributed by atoms with E-state index in [1.807, 2.05) is 60.7 Å². The maximum absolute atomic E-state index is 13.4. The van der Waals surface area contributed by atoms with Crippen molar-refractivity contribution in [3.05, 3.63) is 102 Å². The Balaban J connectivity index is 1.41. The van der Waals surface area contributed by atoms with Crippen LogP contribution in [0.25, 0.3) is 11.5 Å². The fourth-order valence-electron chi connectivity index (χ4n) is 3.99. The van der Waals surface area contributed by atoms with E-state index in [0.717, 1.165) is 11.1 Å². The lowest BCUT2D eigenvalue weighted by Crippen LogP contribution is -2.32. The first kappa shape index (κ1) is 21.4. The molecule has 4 aromatic rings. The van der Waals surface area contributed by atoms with Gasteiger partial charge in [-0.3, -0.25) is 9.69 Å². The first-order valence-corrected chi connectivity index (χ1v) is 10.8. The predicted molar refractivity (Wildman–Crippen MR) is 123 cm³/mol. The van der Waals surface area contributed by atoms with E-state index in [9.17, 15) is 9.59 Å². The highest BCUT2D eigenvalue weighted by Gasteiger charge is 2.46. The van der Waals surface area contributed by atoms with E-state index in [1.54, 1.807) is 36.3 Å². The van der Waals surface area contributed by atoms with Crippen LogP contribution in [0.3, 0.4) is 0 Å². The van der Waals surface area contributed by atoms with E-state index in [4.69, 9.17) is 9.26 Å². The first-order chi connectivity index (χ1) is 16.6. The summed E-state index contributed by atoms with van der Waals surface area (Å²) >= 11 is 0. The average Bonchev–Trinajstić information content (AvgIpc) is 3.44. The fraction of sp³-hybridized carbons (Fsp3) is 0.154. The molecule has 0 radical (unpaired) electrons. The molecule has 8 nitrogen and oxygen atoms in total. The number of urea groups is 1. The van der Waals surface area contributed by atoms with Crippen molar-refractivity contribution in [3.8, 4) is 17.2 Å². The van der Waals surface area contributed by atoms with E-state index in [2.05, 4.69) is 10.1 Å². The molecular weight excluding hydrogens is 432 g/mol. The Morgan fingerprint density at radius 1 is 0.882 bits per heavy atom. The number of imide groups is 1. The summed E-state index contributed by atoms with van der Waals surface area (Å²) < 4.78 is 10.5. The third-order valence-corrected chi connectivity index (χ3v) is 5.70. The van der Waals surface area contributed by atoms with Gasteiger partial charge in [0.25, 0.3) is 11.8 Å². The third-order valence-electron chi connectivity index (χ3n) is 5.70. The van der Waals surface area contributed by atoms with Gasteiger partial charge in [0.1, 0.15) is 11.8 Å². The van der Waals surface area contributed by atoms with Crippen molar-refractivity contribution in [2.24, 2.45) is 0 Å². The molecule has 2 heterocycles. The molecule has 0 saturated carbocycles. The van der Waals surface area contributed by atoms with Crippen LogP contribution in [0.1, 0.15) is 23.0 Å². The zero-order valence-electron chi connectivity index (χ0n) is 18.5. The number of benzene rings is 3. The normalized spacial score (nSPS) is 15.7. The van der Waals surface area contributed by atoms with Gasteiger partial charge in [-0.15, -0.1) is 0 Å². The van der Waals surface area contributed by atoms with Gasteiger partial charge in [0.05, 0.1) is 13.7 Å². The number of carbonyl (C=O) groups excluding carboxylic acids is 2. The summed E-state index contributed by atoms with van der Waals surface area (Å²) in [7, 11) is 1.59. The standard InChI is InChI=1S/C26H22N4O4/c1-33-21-14-12-20(13-15-21)24-27-22(28-34-24)17-30-25(31)23(19-10-6-3-7-11-19)29(26(30)32)16-18-8-4-2-5-9-18/h2-15,23H,16-17H2,1H3. The van der Waals surface area contributed by atoms with Crippen LogP contribution in [0.4, 0.5) is 4.79 Å². The van der Waals surface area contributed by atoms with Crippen molar-refractivity contribution in [2.75, 3.05) is 7.11 Å². The lowest BCUT2D eigenvalue weighted by atomic mass is 10.1. The summed E-state index contributed by atoms with van der Waals surface area (Å²) in [6.07, 6.45) is 0. The quantitative estimate of drug-likeness (QED) is 0.383. The van der Waals surface area contributed by atoms with Gasteiger partial charge in [0.2, 0.25) is 0 Å². The van der Waals surface area contributed by atoms with Crippen LogP contribution >= 0.6 is 0 Å². The number of rotatable bonds is 7. The zero-order valence-corrected chi connectivity index (χ0v) is 18.5. The molecule has 1 aromatic heterocycles. The van der Waals surface area contributed by atoms with Gasteiger partial charge >= 0.3 is 6.03 Å². The molecule has 1 fully saturated rings. The van der Waals surface area contributed by atoms with Crippen molar-refractivity contribution in [2.45, 2.75) is 19.1 Å². The van der Waals surface area contributed by atoms with E-state index in [0.29, 0.717) is 23.7 Å². The number of methoxy groups -OCH3 is 1. The molecule has 1 atom stereocenters. The highest BCUT2D eigenvalue weighted by molar-refractivity contribution is 6.04. The van der Waals surface area contributed by atoms with Gasteiger partial charge in [-0.25, -0.2) is 4.79 Å². The van der Waals surface area contributed by atoms with Crippen LogP contribution in [0.2, 0.25) is 0 Å². The van der Waals surface area contributed by atoms with Crippen molar-refractivity contribution in [3.63, 3.8) is 0 Å². The van der Waals surface area contributed by atoms with Crippen molar-refractivity contribution in [1.29, 1.82) is 0 Å². The van der Waals surface area contributed by atoms with Gasteiger partial charge in [-0.05, 0) is 35.4 Å². The molecular formula is C26H22N4O4.